The number of nitrogen functional groups attached to an aromatic ring is 1. The molecule has 1 aliphatic rings. The fraction of sp³-hybridized carbons (Fsp3) is 0.133. The van der Waals surface area contributed by atoms with E-state index in [1.165, 1.54) is 18.2 Å². The Balaban J connectivity index is 1.97. The number of carbonyl (C=O) groups is 1. The molecule has 0 unspecified atom stereocenters. The van der Waals surface area contributed by atoms with Gasteiger partial charge >= 0.3 is 0 Å². The summed E-state index contributed by atoms with van der Waals surface area (Å²) in [5.74, 6) is -0.731. The lowest BCUT2D eigenvalue weighted by atomic mass is 10.1. The summed E-state index contributed by atoms with van der Waals surface area (Å²) in [4.78, 5) is 14.1. The third-order valence-corrected chi connectivity index (χ3v) is 3.77. The normalized spacial score (nSPS) is 13.4. The van der Waals surface area contributed by atoms with Crippen LogP contribution >= 0.6 is 11.6 Å². The van der Waals surface area contributed by atoms with Crippen molar-refractivity contribution in [1.82, 2.24) is 0 Å². The lowest BCUT2D eigenvalue weighted by Crippen LogP contribution is -2.28. The van der Waals surface area contributed by atoms with Crippen LogP contribution in [0.2, 0.25) is 5.02 Å². The van der Waals surface area contributed by atoms with E-state index in [-0.39, 0.29) is 10.9 Å². The molecular formula is C15H12ClFN2O. The molecule has 1 aliphatic heterocycles. The number of nitrogens with two attached hydrogens (primary N) is 1. The third-order valence-electron chi connectivity index (χ3n) is 3.48. The molecule has 0 atom stereocenters. The molecule has 20 heavy (non-hydrogen) atoms. The number of anilines is 2. The van der Waals surface area contributed by atoms with Gasteiger partial charge in [0.15, 0.2) is 0 Å². The van der Waals surface area contributed by atoms with Gasteiger partial charge < -0.3 is 10.6 Å². The van der Waals surface area contributed by atoms with E-state index in [2.05, 4.69) is 0 Å². The Morgan fingerprint density at radius 1 is 1.30 bits per heavy atom. The fourth-order valence-corrected chi connectivity index (χ4v) is 2.64. The molecule has 0 saturated heterocycles. The van der Waals surface area contributed by atoms with Gasteiger partial charge in [0.2, 0.25) is 0 Å². The molecule has 2 aromatic rings. The van der Waals surface area contributed by atoms with Gasteiger partial charge in [0, 0.05) is 29.0 Å². The monoisotopic (exact) mass is 290 g/mol. The predicted octanol–water partition coefficient (Wildman–Crippen LogP) is 3.26. The molecule has 0 spiro atoms. The molecule has 3 nitrogen and oxygen atoms in total. The van der Waals surface area contributed by atoms with Crippen molar-refractivity contribution in [2.75, 3.05) is 17.2 Å². The molecule has 0 saturated carbocycles. The average molecular weight is 291 g/mol. The van der Waals surface area contributed by atoms with Gasteiger partial charge in [-0.15, -0.1) is 0 Å². The first-order chi connectivity index (χ1) is 9.58. The minimum Gasteiger partial charge on any atom is -0.398 e. The van der Waals surface area contributed by atoms with Gasteiger partial charge in [-0.2, -0.15) is 0 Å². The van der Waals surface area contributed by atoms with Gasteiger partial charge in [0.05, 0.1) is 5.02 Å². The smallest absolute Gasteiger partial charge is 0.258 e. The predicted molar refractivity (Wildman–Crippen MR) is 77.6 cm³/mol. The Morgan fingerprint density at radius 3 is 2.85 bits per heavy atom. The van der Waals surface area contributed by atoms with Gasteiger partial charge in [0.25, 0.3) is 5.91 Å². The molecule has 2 aromatic carbocycles. The summed E-state index contributed by atoms with van der Waals surface area (Å²) in [5, 5.41) is -0.0529. The molecule has 1 heterocycles. The van der Waals surface area contributed by atoms with Crippen LogP contribution in [0.3, 0.4) is 0 Å². The Hall–Kier alpha value is -2.07. The number of halogens is 2. The molecule has 5 heteroatoms. The Kier molecular flexibility index (Phi) is 3.10. The zero-order chi connectivity index (χ0) is 14.3. The number of hydrogen-bond acceptors (Lipinski definition) is 2. The molecule has 1 amide bonds. The number of benzene rings is 2. The SMILES string of the molecule is Nc1cccc2c1CCN2C(=O)c1ccc(F)c(Cl)c1. The number of rotatable bonds is 1. The van der Waals surface area contributed by atoms with Crippen molar-refractivity contribution in [3.63, 3.8) is 0 Å². The van der Waals surface area contributed by atoms with E-state index >= 15 is 0 Å². The van der Waals surface area contributed by atoms with Crippen LogP contribution in [0.15, 0.2) is 36.4 Å². The molecule has 0 aromatic heterocycles. The highest BCUT2D eigenvalue weighted by Gasteiger charge is 2.27. The van der Waals surface area contributed by atoms with E-state index in [1.54, 1.807) is 4.90 Å². The van der Waals surface area contributed by atoms with Crippen LogP contribution in [0.5, 0.6) is 0 Å². The second-order valence-electron chi connectivity index (χ2n) is 4.68. The molecule has 3 rings (SSSR count). The summed E-state index contributed by atoms with van der Waals surface area (Å²) in [6.45, 7) is 0.567. The highest BCUT2D eigenvalue weighted by atomic mass is 35.5. The number of hydrogen-bond donors (Lipinski definition) is 1. The van der Waals surface area contributed by atoms with Gasteiger partial charge in [-0.25, -0.2) is 4.39 Å². The average Bonchev–Trinajstić information content (AvgIpc) is 2.86. The number of amides is 1. The van der Waals surface area contributed by atoms with E-state index < -0.39 is 5.82 Å². The summed E-state index contributed by atoms with van der Waals surface area (Å²) < 4.78 is 13.2. The maximum Gasteiger partial charge on any atom is 0.258 e. The van der Waals surface area contributed by atoms with Crippen LogP contribution in [0, 0.1) is 5.82 Å². The maximum atomic E-state index is 13.2. The van der Waals surface area contributed by atoms with Gasteiger partial charge in [0.1, 0.15) is 5.82 Å². The largest absolute Gasteiger partial charge is 0.398 e. The van der Waals surface area contributed by atoms with Crippen LogP contribution in [0.4, 0.5) is 15.8 Å². The molecule has 102 valence electrons. The Bertz CT molecular complexity index is 702. The van der Waals surface area contributed by atoms with Gasteiger partial charge in [-0.1, -0.05) is 17.7 Å². The molecular weight excluding hydrogens is 279 g/mol. The van der Waals surface area contributed by atoms with E-state index in [1.807, 2.05) is 18.2 Å². The van der Waals surface area contributed by atoms with Crippen molar-refractivity contribution in [1.29, 1.82) is 0 Å². The van der Waals surface area contributed by atoms with Crippen molar-refractivity contribution in [3.8, 4) is 0 Å². The lowest BCUT2D eigenvalue weighted by molar-refractivity contribution is 0.0989. The van der Waals surface area contributed by atoms with E-state index in [0.717, 1.165) is 17.7 Å². The van der Waals surface area contributed by atoms with Crippen LogP contribution < -0.4 is 10.6 Å². The topological polar surface area (TPSA) is 46.3 Å². The highest BCUT2D eigenvalue weighted by molar-refractivity contribution is 6.31. The Labute approximate surface area is 120 Å². The van der Waals surface area contributed by atoms with Crippen molar-refractivity contribution < 1.29 is 9.18 Å². The second-order valence-corrected chi connectivity index (χ2v) is 5.09. The van der Waals surface area contributed by atoms with Gasteiger partial charge in [-0.3, -0.25) is 4.79 Å². The van der Waals surface area contributed by atoms with Crippen molar-refractivity contribution in [2.45, 2.75) is 6.42 Å². The van der Waals surface area contributed by atoms with E-state index in [0.29, 0.717) is 17.8 Å². The van der Waals surface area contributed by atoms with Crippen LogP contribution in [0.1, 0.15) is 15.9 Å². The van der Waals surface area contributed by atoms with Crippen molar-refractivity contribution in [3.05, 3.63) is 58.4 Å². The fourth-order valence-electron chi connectivity index (χ4n) is 2.46. The number of nitrogens with zero attached hydrogens (tertiary/aromatic N) is 1. The van der Waals surface area contributed by atoms with Gasteiger partial charge in [-0.05, 0) is 36.8 Å². The summed E-state index contributed by atoms with van der Waals surface area (Å²) >= 11 is 5.72. The number of carbonyl (C=O) groups excluding carboxylic acids is 1. The van der Waals surface area contributed by atoms with E-state index in [9.17, 15) is 9.18 Å². The first-order valence-corrected chi connectivity index (χ1v) is 6.60. The third kappa shape index (κ3) is 2.02. The summed E-state index contributed by atoms with van der Waals surface area (Å²) in [6.07, 6.45) is 0.725. The standard InChI is InChI=1S/C15H12ClFN2O/c16-11-8-9(4-5-12(11)17)15(20)19-7-6-10-13(18)2-1-3-14(10)19/h1-5,8H,6-7,18H2. The highest BCUT2D eigenvalue weighted by Crippen LogP contribution is 2.33. The molecule has 0 bridgehead atoms. The van der Waals surface area contributed by atoms with Crippen LogP contribution in [-0.2, 0) is 6.42 Å². The summed E-state index contributed by atoms with van der Waals surface area (Å²) in [6, 6.07) is 9.49. The molecule has 0 radical (unpaired) electrons. The first-order valence-electron chi connectivity index (χ1n) is 6.22. The van der Waals surface area contributed by atoms with Crippen molar-refractivity contribution >= 4 is 28.9 Å². The molecule has 2 N–H and O–H groups in total. The minimum absolute atomic E-state index is 0.0529. The van der Waals surface area contributed by atoms with Crippen molar-refractivity contribution in [2.24, 2.45) is 0 Å². The molecule has 0 aliphatic carbocycles. The zero-order valence-corrected chi connectivity index (χ0v) is 11.3. The number of fused-ring (bicyclic) bond motifs is 1. The second kappa shape index (κ2) is 4.80. The first kappa shape index (κ1) is 12.9. The summed E-state index contributed by atoms with van der Waals surface area (Å²) in [5.41, 5.74) is 8.76. The zero-order valence-electron chi connectivity index (χ0n) is 10.6. The quantitative estimate of drug-likeness (QED) is 0.819. The van der Waals surface area contributed by atoms with E-state index in [4.69, 9.17) is 17.3 Å². The maximum absolute atomic E-state index is 13.2. The minimum atomic E-state index is -0.533. The molecule has 0 fully saturated rings. The summed E-state index contributed by atoms with van der Waals surface area (Å²) in [7, 11) is 0. The Morgan fingerprint density at radius 2 is 2.10 bits per heavy atom. The van der Waals surface area contributed by atoms with Crippen LogP contribution in [-0.4, -0.2) is 12.5 Å². The van der Waals surface area contributed by atoms with Crippen LogP contribution in [0.25, 0.3) is 0 Å². The lowest BCUT2D eigenvalue weighted by Gasteiger charge is -2.17.